The number of rotatable bonds is 4. The number of hydrogen-bond donors (Lipinski definition) is 2. The molecule has 0 fully saturated rings. The molecule has 23 heavy (non-hydrogen) atoms. The molecule has 0 bridgehead atoms. The topological polar surface area (TPSA) is 44.6 Å². The molecule has 1 aliphatic rings. The Morgan fingerprint density at radius 3 is 2.78 bits per heavy atom. The van der Waals surface area contributed by atoms with E-state index in [1.807, 2.05) is 30.3 Å². The third-order valence-electron chi connectivity index (χ3n) is 4.13. The molecule has 0 unspecified atom stereocenters. The number of halogens is 1. The average molecular weight is 373 g/mol. The maximum absolute atomic E-state index is 10.2. The van der Waals surface area contributed by atoms with E-state index < -0.39 is 0 Å². The van der Waals surface area contributed by atoms with Crippen molar-refractivity contribution in [2.75, 3.05) is 0 Å². The lowest BCUT2D eigenvalue weighted by atomic mass is 9.94. The van der Waals surface area contributed by atoms with E-state index in [1.54, 1.807) is 6.07 Å². The fourth-order valence-electron chi connectivity index (χ4n) is 3.03. The Labute approximate surface area is 145 Å². The first-order valence-electron chi connectivity index (χ1n) is 8.04. The van der Waals surface area contributed by atoms with Crippen molar-refractivity contribution in [3.8, 4) is 5.75 Å². The van der Waals surface area contributed by atoms with Crippen LogP contribution in [-0.2, 0) is 0 Å². The highest BCUT2D eigenvalue weighted by Gasteiger charge is 2.26. The van der Waals surface area contributed by atoms with Gasteiger partial charge in [-0.25, -0.2) is 0 Å². The summed E-state index contributed by atoms with van der Waals surface area (Å²) in [6, 6.07) is 15.9. The minimum atomic E-state index is 0.0826. The number of nitrogens with zero attached hydrogens (tertiary/aromatic N) is 1. The highest BCUT2D eigenvalue weighted by molar-refractivity contribution is 9.10. The summed E-state index contributed by atoms with van der Waals surface area (Å²) >= 11 is 3.54. The van der Waals surface area contributed by atoms with E-state index in [0.717, 1.165) is 40.6 Å². The van der Waals surface area contributed by atoms with Crippen molar-refractivity contribution in [2.45, 2.75) is 38.4 Å². The first-order valence-corrected chi connectivity index (χ1v) is 8.83. The molecule has 0 spiro atoms. The lowest BCUT2D eigenvalue weighted by Gasteiger charge is -2.30. The summed E-state index contributed by atoms with van der Waals surface area (Å²) in [6.45, 7) is 2.17. The molecule has 0 saturated heterocycles. The lowest BCUT2D eigenvalue weighted by Crippen LogP contribution is -2.38. The maximum Gasteiger partial charge on any atom is 0.120 e. The van der Waals surface area contributed by atoms with Gasteiger partial charge in [0.15, 0.2) is 0 Å². The van der Waals surface area contributed by atoms with Crippen molar-refractivity contribution in [1.29, 1.82) is 0 Å². The summed E-state index contributed by atoms with van der Waals surface area (Å²) < 4.78 is 1.06. The summed E-state index contributed by atoms with van der Waals surface area (Å²) in [7, 11) is 0. The molecule has 1 aliphatic heterocycles. The van der Waals surface area contributed by atoms with Crippen LogP contribution in [-0.4, -0.2) is 17.0 Å². The molecule has 0 aromatic heterocycles. The molecule has 0 radical (unpaired) electrons. The zero-order valence-electron chi connectivity index (χ0n) is 13.2. The molecule has 0 amide bonds. The summed E-state index contributed by atoms with van der Waals surface area (Å²) in [4.78, 5) is 4.89. The van der Waals surface area contributed by atoms with Crippen molar-refractivity contribution < 1.29 is 5.11 Å². The number of para-hydroxylation sites is 1. The van der Waals surface area contributed by atoms with Gasteiger partial charge in [-0.15, -0.1) is 0 Å². The third-order valence-corrected chi connectivity index (χ3v) is 4.63. The minimum Gasteiger partial charge on any atom is -0.508 e. The van der Waals surface area contributed by atoms with Crippen LogP contribution in [0.5, 0.6) is 5.75 Å². The van der Waals surface area contributed by atoms with Crippen molar-refractivity contribution in [3.05, 3.63) is 64.1 Å². The van der Waals surface area contributed by atoms with Crippen LogP contribution >= 0.6 is 15.9 Å². The van der Waals surface area contributed by atoms with Gasteiger partial charge in [0.25, 0.3) is 0 Å². The smallest absolute Gasteiger partial charge is 0.120 e. The molecular weight excluding hydrogens is 352 g/mol. The quantitative estimate of drug-likeness (QED) is 0.808. The predicted molar refractivity (Wildman–Crippen MR) is 98.0 cm³/mol. The van der Waals surface area contributed by atoms with E-state index in [1.165, 1.54) is 0 Å². The molecule has 0 saturated carbocycles. The number of nitrogens with one attached hydrogen (secondary N) is 1. The van der Waals surface area contributed by atoms with Gasteiger partial charge >= 0.3 is 0 Å². The average Bonchev–Trinajstić information content (AvgIpc) is 2.55. The van der Waals surface area contributed by atoms with E-state index in [2.05, 4.69) is 40.3 Å². The van der Waals surface area contributed by atoms with Crippen molar-refractivity contribution >= 4 is 21.6 Å². The monoisotopic (exact) mass is 372 g/mol. The van der Waals surface area contributed by atoms with E-state index in [0.29, 0.717) is 5.75 Å². The van der Waals surface area contributed by atoms with Gasteiger partial charge in [0, 0.05) is 28.2 Å². The number of phenolic OH excluding ortho intramolecular Hbond substituents is 1. The number of aromatic hydroxyl groups is 1. The lowest BCUT2D eigenvalue weighted by molar-refractivity contribution is 0.391. The van der Waals surface area contributed by atoms with Crippen LogP contribution in [0.4, 0.5) is 0 Å². The number of aliphatic imine (C=N–C) groups is 1. The maximum atomic E-state index is 10.2. The SMILES string of the molecule is CCC[C@H]1N=C(c2cccc(Br)c2)C[C@@H](c2ccccc2O)N1. The van der Waals surface area contributed by atoms with Gasteiger partial charge in [-0.3, -0.25) is 10.3 Å². The summed E-state index contributed by atoms with van der Waals surface area (Å²) in [5.41, 5.74) is 3.18. The number of benzene rings is 2. The van der Waals surface area contributed by atoms with Crippen LogP contribution in [0.3, 0.4) is 0 Å². The third kappa shape index (κ3) is 3.82. The highest BCUT2D eigenvalue weighted by Crippen LogP contribution is 2.31. The molecule has 2 aromatic rings. The van der Waals surface area contributed by atoms with Crippen molar-refractivity contribution in [2.24, 2.45) is 4.99 Å². The Morgan fingerprint density at radius 1 is 1.22 bits per heavy atom. The van der Waals surface area contributed by atoms with Crippen LogP contribution in [0.2, 0.25) is 0 Å². The zero-order chi connectivity index (χ0) is 16.2. The van der Waals surface area contributed by atoms with E-state index in [-0.39, 0.29) is 12.2 Å². The second-order valence-corrected chi connectivity index (χ2v) is 6.79. The molecule has 2 atom stereocenters. The Hall–Kier alpha value is -1.65. The molecule has 0 aliphatic carbocycles. The fraction of sp³-hybridized carbons (Fsp3) is 0.316. The van der Waals surface area contributed by atoms with Crippen LogP contribution < -0.4 is 5.32 Å². The number of hydrogen-bond acceptors (Lipinski definition) is 3. The Balaban J connectivity index is 1.94. The van der Waals surface area contributed by atoms with Gasteiger partial charge < -0.3 is 5.11 Å². The van der Waals surface area contributed by atoms with E-state index in [9.17, 15) is 5.11 Å². The normalized spacial score (nSPS) is 21.0. The molecule has 3 rings (SSSR count). The predicted octanol–water partition coefficient (Wildman–Crippen LogP) is 4.80. The first-order chi connectivity index (χ1) is 11.2. The zero-order valence-corrected chi connectivity index (χ0v) is 14.8. The largest absolute Gasteiger partial charge is 0.508 e. The molecule has 1 heterocycles. The van der Waals surface area contributed by atoms with Gasteiger partial charge in [-0.2, -0.15) is 0 Å². The summed E-state index contributed by atoms with van der Waals surface area (Å²) in [5, 5.41) is 13.8. The Bertz CT molecular complexity index is 714. The molecule has 3 nitrogen and oxygen atoms in total. The molecule has 4 heteroatoms. The Kier molecular flexibility index (Phi) is 5.13. The molecular formula is C19H21BrN2O. The molecule has 120 valence electrons. The minimum absolute atomic E-state index is 0.0826. The number of phenols is 1. The fourth-order valence-corrected chi connectivity index (χ4v) is 3.43. The second-order valence-electron chi connectivity index (χ2n) is 5.87. The highest BCUT2D eigenvalue weighted by atomic mass is 79.9. The van der Waals surface area contributed by atoms with Crippen molar-refractivity contribution in [3.63, 3.8) is 0 Å². The first kappa shape index (κ1) is 16.2. The van der Waals surface area contributed by atoms with Crippen molar-refractivity contribution in [1.82, 2.24) is 5.32 Å². The van der Waals surface area contributed by atoms with Gasteiger partial charge in [-0.05, 0) is 30.2 Å². The summed E-state index contributed by atoms with van der Waals surface area (Å²) in [6.07, 6.45) is 2.92. The van der Waals surface area contributed by atoms with Crippen LogP contribution in [0, 0.1) is 0 Å². The van der Waals surface area contributed by atoms with E-state index >= 15 is 0 Å². The van der Waals surface area contributed by atoms with Gasteiger partial charge in [0.05, 0.1) is 0 Å². The van der Waals surface area contributed by atoms with E-state index in [4.69, 9.17) is 4.99 Å². The van der Waals surface area contributed by atoms with Crippen LogP contribution in [0.15, 0.2) is 58.0 Å². The standard InChI is InChI=1S/C19H21BrN2O/c1-2-6-19-21-16(13-7-5-8-14(20)11-13)12-17(22-19)15-9-3-4-10-18(15)23/h3-5,7-11,17,19,22-23H,2,6,12H2,1H3/t17-,19-/m0/s1. The van der Waals surface area contributed by atoms with Gasteiger partial charge in [0.1, 0.15) is 11.9 Å². The molecule has 2 aromatic carbocycles. The van der Waals surface area contributed by atoms with Crippen LogP contribution in [0.25, 0.3) is 0 Å². The summed E-state index contributed by atoms with van der Waals surface area (Å²) in [5.74, 6) is 0.343. The second kappa shape index (κ2) is 7.28. The van der Waals surface area contributed by atoms with Gasteiger partial charge in [-0.1, -0.05) is 59.6 Å². The van der Waals surface area contributed by atoms with Gasteiger partial charge in [0.2, 0.25) is 0 Å². The van der Waals surface area contributed by atoms with Crippen LogP contribution in [0.1, 0.15) is 43.4 Å². The molecule has 2 N–H and O–H groups in total. The Morgan fingerprint density at radius 2 is 2.04 bits per heavy atom.